The van der Waals surface area contributed by atoms with Crippen LogP contribution in [0.2, 0.25) is 0 Å². The summed E-state index contributed by atoms with van der Waals surface area (Å²) in [7, 11) is 0. The van der Waals surface area contributed by atoms with Gasteiger partial charge in [0, 0.05) is 57.5 Å². The van der Waals surface area contributed by atoms with Crippen LogP contribution in [0, 0.1) is 17.7 Å². The fraction of sp³-hybridized carbons (Fsp3) is 0.485. The number of likely N-dealkylation sites (tertiary alicyclic amines) is 1. The molecule has 4 heterocycles. The Morgan fingerprint density at radius 3 is 2.60 bits per heavy atom. The Morgan fingerprint density at radius 2 is 1.85 bits per heavy atom. The molecular weight excluding hydrogens is 607 g/mol. The molecule has 250 valence electrons. The number of piperidine rings is 1. The molecule has 2 aromatic heterocycles. The van der Waals surface area contributed by atoms with Gasteiger partial charge in [-0.25, -0.2) is 9.07 Å². The first-order valence-corrected chi connectivity index (χ1v) is 16.1. The highest BCUT2D eigenvalue weighted by Crippen LogP contribution is 2.23. The van der Waals surface area contributed by atoms with Gasteiger partial charge >= 0.3 is 0 Å². The Hall–Kier alpha value is -4.88. The van der Waals surface area contributed by atoms with E-state index in [0.717, 1.165) is 6.07 Å². The summed E-state index contributed by atoms with van der Waals surface area (Å²) >= 11 is 0. The number of aromatic nitrogens is 4. The number of hydrogen-bond donors (Lipinski definition) is 2. The van der Waals surface area contributed by atoms with Gasteiger partial charge < -0.3 is 25.2 Å². The predicted octanol–water partition coefficient (Wildman–Crippen LogP) is 2.09. The van der Waals surface area contributed by atoms with Crippen molar-refractivity contribution in [2.24, 2.45) is 11.8 Å². The smallest absolute Gasteiger partial charge is 0.272 e. The lowest BCUT2D eigenvalue weighted by Crippen LogP contribution is -2.50. The monoisotopic (exact) mass is 648 g/mol. The minimum absolute atomic E-state index is 0.0171. The van der Waals surface area contributed by atoms with Crippen LogP contribution in [0.3, 0.4) is 0 Å². The van der Waals surface area contributed by atoms with Gasteiger partial charge in [0.15, 0.2) is 0 Å². The molecule has 2 bridgehead atoms. The van der Waals surface area contributed by atoms with Crippen LogP contribution in [0.5, 0.6) is 5.75 Å². The quantitative estimate of drug-likeness (QED) is 0.437. The lowest BCUT2D eigenvalue weighted by Gasteiger charge is -2.34. The molecule has 1 aromatic carbocycles. The van der Waals surface area contributed by atoms with Crippen molar-refractivity contribution in [1.82, 2.24) is 40.4 Å². The first kappa shape index (κ1) is 33.5. The number of ether oxygens (including phenoxy) is 1. The van der Waals surface area contributed by atoms with Crippen molar-refractivity contribution in [3.63, 3.8) is 0 Å². The number of hydrogen-bond acceptors (Lipinski definition) is 8. The normalized spacial score (nSPS) is 18.8. The zero-order valence-corrected chi connectivity index (χ0v) is 26.7. The summed E-state index contributed by atoms with van der Waals surface area (Å²) in [6, 6.07) is 8.01. The SMILES string of the molecule is CC(C)C[C@H]1NC(=O)c2cc(F)ccc2OCCn2cc(nn2)CCN(C(=O)C2CCN(C(=O)c3ccccn3)CC2)CCNC1=O. The van der Waals surface area contributed by atoms with E-state index < -0.39 is 23.7 Å². The zero-order chi connectivity index (χ0) is 33.3. The molecule has 1 saturated heterocycles. The third kappa shape index (κ3) is 8.89. The summed E-state index contributed by atoms with van der Waals surface area (Å²) in [4.78, 5) is 60.9. The standard InChI is InChI=1S/C33H41FN8O5/c1-22(2)19-28-31(44)36-12-16-41(32(45)23-8-13-40(14-9-23)33(46)27-5-3-4-11-35-27)15-10-25-21-42(39-38-25)17-18-47-29-7-6-24(34)20-26(29)30(43)37-28/h3-7,11,20-23,28H,8-10,12-19H2,1-2H3,(H,36,44)(H,37,43)/t28-/m1/s1. The molecule has 0 spiro atoms. The summed E-state index contributed by atoms with van der Waals surface area (Å²) in [6.07, 6.45) is 5.19. The van der Waals surface area contributed by atoms with Gasteiger partial charge in [0.25, 0.3) is 11.8 Å². The predicted molar refractivity (Wildman–Crippen MR) is 169 cm³/mol. The van der Waals surface area contributed by atoms with E-state index in [1.165, 1.54) is 12.1 Å². The molecule has 47 heavy (non-hydrogen) atoms. The number of amides is 4. The van der Waals surface area contributed by atoms with Crippen LogP contribution in [0.15, 0.2) is 48.8 Å². The van der Waals surface area contributed by atoms with E-state index in [0.29, 0.717) is 63.3 Å². The van der Waals surface area contributed by atoms with Crippen molar-refractivity contribution in [3.8, 4) is 5.75 Å². The van der Waals surface area contributed by atoms with Crippen molar-refractivity contribution in [2.75, 3.05) is 39.3 Å². The lowest BCUT2D eigenvalue weighted by molar-refractivity contribution is -0.137. The van der Waals surface area contributed by atoms with Gasteiger partial charge in [-0.05, 0) is 55.5 Å². The fourth-order valence-corrected chi connectivity index (χ4v) is 5.81. The van der Waals surface area contributed by atoms with E-state index in [4.69, 9.17) is 4.74 Å². The van der Waals surface area contributed by atoms with Gasteiger partial charge in [-0.2, -0.15) is 0 Å². The molecule has 14 heteroatoms. The molecule has 13 nitrogen and oxygen atoms in total. The Morgan fingerprint density at radius 1 is 1.04 bits per heavy atom. The summed E-state index contributed by atoms with van der Waals surface area (Å²) in [5.41, 5.74) is 1.04. The Balaban J connectivity index is 1.30. The average molecular weight is 649 g/mol. The highest BCUT2D eigenvalue weighted by Gasteiger charge is 2.31. The van der Waals surface area contributed by atoms with Crippen molar-refractivity contribution >= 4 is 23.6 Å². The maximum absolute atomic E-state index is 14.2. The molecule has 0 saturated carbocycles. The highest BCUT2D eigenvalue weighted by atomic mass is 19.1. The third-order valence-electron chi connectivity index (χ3n) is 8.33. The second kappa shape index (κ2) is 15.6. The molecule has 1 atom stereocenters. The number of nitrogens with zero attached hydrogens (tertiary/aromatic N) is 6. The minimum atomic E-state index is -0.882. The van der Waals surface area contributed by atoms with Crippen LogP contribution in [0.1, 0.15) is 59.7 Å². The second-order valence-corrected chi connectivity index (χ2v) is 12.3. The first-order chi connectivity index (χ1) is 22.7. The first-order valence-electron chi connectivity index (χ1n) is 16.1. The van der Waals surface area contributed by atoms with Gasteiger partial charge in [0.1, 0.15) is 29.9 Å². The maximum Gasteiger partial charge on any atom is 0.272 e. The molecule has 5 rings (SSSR count). The number of carbonyl (C=O) groups excluding carboxylic acids is 4. The van der Waals surface area contributed by atoms with Crippen molar-refractivity contribution in [2.45, 2.75) is 52.1 Å². The molecule has 0 aliphatic carbocycles. The van der Waals surface area contributed by atoms with E-state index in [2.05, 4.69) is 25.9 Å². The van der Waals surface area contributed by atoms with Crippen molar-refractivity contribution in [3.05, 3.63) is 71.6 Å². The number of pyridine rings is 1. The van der Waals surface area contributed by atoms with Gasteiger partial charge in [0.05, 0.1) is 17.8 Å². The lowest BCUT2D eigenvalue weighted by atomic mass is 9.94. The van der Waals surface area contributed by atoms with Crippen LogP contribution in [0.25, 0.3) is 0 Å². The molecule has 2 aliphatic heterocycles. The third-order valence-corrected chi connectivity index (χ3v) is 8.33. The van der Waals surface area contributed by atoms with Crippen LogP contribution in [-0.4, -0.2) is 98.8 Å². The summed E-state index contributed by atoms with van der Waals surface area (Å²) in [5, 5.41) is 14.0. The van der Waals surface area contributed by atoms with Gasteiger partial charge in [0.2, 0.25) is 11.8 Å². The van der Waals surface area contributed by atoms with Crippen molar-refractivity contribution in [1.29, 1.82) is 0 Å². The van der Waals surface area contributed by atoms with Crippen molar-refractivity contribution < 1.29 is 28.3 Å². The Labute approximate surface area is 272 Å². The fourth-order valence-electron chi connectivity index (χ4n) is 5.81. The number of fused-ring (bicyclic) bond motifs is 3. The molecule has 0 unspecified atom stereocenters. The summed E-state index contributed by atoms with van der Waals surface area (Å²) in [6.45, 7) is 5.98. The van der Waals surface area contributed by atoms with Crippen LogP contribution >= 0.6 is 0 Å². The number of nitrogens with one attached hydrogen (secondary N) is 2. The number of rotatable bonds is 4. The topological polar surface area (TPSA) is 152 Å². The molecular formula is C33H41FN8O5. The second-order valence-electron chi connectivity index (χ2n) is 12.3. The van der Waals surface area contributed by atoms with E-state index in [9.17, 15) is 23.6 Å². The number of benzene rings is 1. The van der Waals surface area contributed by atoms with E-state index >= 15 is 0 Å². The minimum Gasteiger partial charge on any atom is -0.491 e. The van der Waals surface area contributed by atoms with E-state index in [1.54, 1.807) is 45.1 Å². The molecule has 3 aromatic rings. The Kier molecular flexibility index (Phi) is 11.1. The molecule has 4 amide bonds. The van der Waals surface area contributed by atoms with E-state index in [1.807, 2.05) is 13.8 Å². The molecule has 1 fully saturated rings. The highest BCUT2D eigenvalue weighted by molar-refractivity contribution is 5.99. The number of halogens is 1. The molecule has 2 N–H and O–H groups in total. The molecule has 2 aliphatic rings. The average Bonchev–Trinajstić information content (AvgIpc) is 3.53. The maximum atomic E-state index is 14.2. The molecule has 0 radical (unpaired) electrons. The van der Waals surface area contributed by atoms with E-state index in [-0.39, 0.29) is 54.7 Å². The Bertz CT molecular complexity index is 1560. The summed E-state index contributed by atoms with van der Waals surface area (Å²) in [5.74, 6) is -1.85. The summed E-state index contributed by atoms with van der Waals surface area (Å²) < 4.78 is 21.6. The van der Waals surface area contributed by atoms with Crippen LogP contribution < -0.4 is 15.4 Å². The van der Waals surface area contributed by atoms with Gasteiger partial charge in [-0.3, -0.25) is 24.2 Å². The largest absolute Gasteiger partial charge is 0.491 e. The van der Waals surface area contributed by atoms with Gasteiger partial charge in [-0.15, -0.1) is 5.10 Å². The van der Waals surface area contributed by atoms with Crippen LogP contribution in [-0.2, 0) is 22.6 Å². The van der Waals surface area contributed by atoms with Gasteiger partial charge in [-0.1, -0.05) is 25.1 Å². The zero-order valence-electron chi connectivity index (χ0n) is 26.7. The van der Waals surface area contributed by atoms with Crippen LogP contribution in [0.4, 0.5) is 4.39 Å². The number of carbonyl (C=O) groups is 4.